The summed E-state index contributed by atoms with van der Waals surface area (Å²) in [5, 5.41) is 0. The molecule has 0 aromatic carbocycles. The molecule has 100 valence electrons. The summed E-state index contributed by atoms with van der Waals surface area (Å²) in [4.78, 5) is 8.08. The number of aromatic amines is 1. The number of rotatable bonds is 4. The monoisotopic (exact) mass is 282 g/mol. The first kappa shape index (κ1) is 14.1. The SMILES string of the molecule is CC(C)CSCc1nc(=S)c2c([nH]1)CCCCC2. The Morgan fingerprint density at radius 1 is 1.28 bits per heavy atom. The molecule has 0 amide bonds. The van der Waals surface area contributed by atoms with E-state index in [4.69, 9.17) is 12.2 Å². The van der Waals surface area contributed by atoms with E-state index in [9.17, 15) is 0 Å². The zero-order chi connectivity index (χ0) is 13.0. The predicted molar refractivity (Wildman–Crippen MR) is 81.7 cm³/mol. The maximum atomic E-state index is 5.45. The van der Waals surface area contributed by atoms with Crippen molar-refractivity contribution in [1.82, 2.24) is 9.97 Å². The summed E-state index contributed by atoms with van der Waals surface area (Å²) in [6.45, 7) is 4.50. The minimum absolute atomic E-state index is 0.735. The molecule has 1 aliphatic rings. The van der Waals surface area contributed by atoms with Gasteiger partial charge in [-0.2, -0.15) is 11.8 Å². The summed E-state index contributed by atoms with van der Waals surface area (Å²) in [6, 6.07) is 0. The van der Waals surface area contributed by atoms with Crippen LogP contribution in [0.2, 0.25) is 0 Å². The van der Waals surface area contributed by atoms with E-state index in [1.807, 2.05) is 11.8 Å². The molecule has 0 unspecified atom stereocenters. The smallest absolute Gasteiger partial charge is 0.133 e. The quantitative estimate of drug-likeness (QED) is 0.659. The van der Waals surface area contributed by atoms with Crippen molar-refractivity contribution in [2.24, 2.45) is 5.92 Å². The molecule has 0 saturated heterocycles. The van der Waals surface area contributed by atoms with E-state index < -0.39 is 0 Å². The molecule has 2 rings (SSSR count). The van der Waals surface area contributed by atoms with Crippen molar-refractivity contribution in [3.8, 4) is 0 Å². The fourth-order valence-corrected chi connectivity index (χ4v) is 3.56. The standard InChI is InChI=1S/C14H22N2S2/c1-10(2)8-18-9-13-15-12-7-5-3-4-6-11(12)14(17)16-13/h10H,3-9H2,1-2H3,(H,15,16,17). The van der Waals surface area contributed by atoms with Gasteiger partial charge in [0, 0.05) is 11.3 Å². The Kier molecular flexibility index (Phi) is 5.25. The minimum Gasteiger partial charge on any atom is -0.346 e. The number of hydrogen-bond acceptors (Lipinski definition) is 3. The Balaban J connectivity index is 2.11. The first-order valence-electron chi connectivity index (χ1n) is 6.85. The molecular weight excluding hydrogens is 260 g/mol. The third-order valence-corrected chi connectivity index (χ3v) is 4.92. The van der Waals surface area contributed by atoms with Gasteiger partial charge in [0.25, 0.3) is 0 Å². The highest BCUT2D eigenvalue weighted by Gasteiger charge is 2.12. The number of aryl methyl sites for hydroxylation is 1. The van der Waals surface area contributed by atoms with E-state index >= 15 is 0 Å². The lowest BCUT2D eigenvalue weighted by Gasteiger charge is -2.10. The Morgan fingerprint density at radius 2 is 2.06 bits per heavy atom. The van der Waals surface area contributed by atoms with Crippen LogP contribution in [0, 0.1) is 10.6 Å². The summed E-state index contributed by atoms with van der Waals surface area (Å²) in [7, 11) is 0. The molecule has 4 heteroatoms. The van der Waals surface area contributed by atoms with E-state index in [1.54, 1.807) is 0 Å². The molecule has 1 N–H and O–H groups in total. The molecule has 1 aromatic heterocycles. The number of hydrogen-bond donors (Lipinski definition) is 1. The van der Waals surface area contributed by atoms with Crippen molar-refractivity contribution >= 4 is 24.0 Å². The van der Waals surface area contributed by atoms with Crippen molar-refractivity contribution in [3.63, 3.8) is 0 Å². The van der Waals surface area contributed by atoms with E-state index in [0.29, 0.717) is 0 Å². The molecular formula is C14H22N2S2. The minimum atomic E-state index is 0.735. The van der Waals surface area contributed by atoms with Crippen LogP contribution in [-0.4, -0.2) is 15.7 Å². The van der Waals surface area contributed by atoms with Gasteiger partial charge >= 0.3 is 0 Å². The van der Waals surface area contributed by atoms with Gasteiger partial charge in [0.2, 0.25) is 0 Å². The van der Waals surface area contributed by atoms with Gasteiger partial charge in [-0.05, 0) is 37.4 Å². The van der Waals surface area contributed by atoms with Crippen molar-refractivity contribution in [3.05, 3.63) is 21.7 Å². The highest BCUT2D eigenvalue weighted by Crippen LogP contribution is 2.21. The predicted octanol–water partition coefficient (Wildman–Crippen LogP) is 4.30. The van der Waals surface area contributed by atoms with Crippen molar-refractivity contribution in [1.29, 1.82) is 0 Å². The molecule has 0 bridgehead atoms. The van der Waals surface area contributed by atoms with Gasteiger partial charge in [-0.25, -0.2) is 4.98 Å². The Bertz CT molecular complexity index is 452. The van der Waals surface area contributed by atoms with Gasteiger partial charge in [0.05, 0.1) is 5.75 Å². The van der Waals surface area contributed by atoms with Crippen LogP contribution >= 0.6 is 24.0 Å². The Labute approximate surface area is 119 Å². The van der Waals surface area contributed by atoms with Gasteiger partial charge in [-0.1, -0.05) is 32.5 Å². The van der Waals surface area contributed by atoms with Crippen LogP contribution in [0.25, 0.3) is 0 Å². The lowest BCUT2D eigenvalue weighted by atomic mass is 10.1. The van der Waals surface area contributed by atoms with E-state index in [2.05, 4.69) is 23.8 Å². The zero-order valence-electron chi connectivity index (χ0n) is 11.3. The van der Waals surface area contributed by atoms with E-state index in [-0.39, 0.29) is 0 Å². The third-order valence-electron chi connectivity index (χ3n) is 3.20. The average molecular weight is 282 g/mol. The Morgan fingerprint density at radius 3 is 2.83 bits per heavy atom. The third kappa shape index (κ3) is 3.82. The Hall–Kier alpha value is -0.350. The van der Waals surface area contributed by atoms with Crippen LogP contribution < -0.4 is 0 Å². The summed E-state index contributed by atoms with van der Waals surface area (Å²) < 4.78 is 0.839. The lowest BCUT2D eigenvalue weighted by molar-refractivity contribution is 0.708. The molecule has 1 aliphatic carbocycles. The van der Waals surface area contributed by atoms with Gasteiger partial charge in [-0.3, -0.25) is 0 Å². The van der Waals surface area contributed by atoms with Crippen LogP contribution in [0.15, 0.2) is 0 Å². The largest absolute Gasteiger partial charge is 0.346 e. The van der Waals surface area contributed by atoms with E-state index in [1.165, 1.54) is 36.3 Å². The molecule has 1 aromatic rings. The highest BCUT2D eigenvalue weighted by molar-refractivity contribution is 7.98. The van der Waals surface area contributed by atoms with Gasteiger partial charge in [0.1, 0.15) is 10.5 Å². The fraction of sp³-hybridized carbons (Fsp3) is 0.714. The molecule has 0 fully saturated rings. The first-order valence-corrected chi connectivity index (χ1v) is 8.42. The molecule has 0 radical (unpaired) electrons. The number of aromatic nitrogens is 2. The number of thioether (sulfide) groups is 1. The number of nitrogens with one attached hydrogen (secondary N) is 1. The maximum Gasteiger partial charge on any atom is 0.133 e. The average Bonchev–Trinajstić information content (AvgIpc) is 2.54. The van der Waals surface area contributed by atoms with Crippen molar-refractivity contribution in [2.45, 2.75) is 51.7 Å². The molecule has 2 nitrogen and oxygen atoms in total. The summed E-state index contributed by atoms with van der Waals surface area (Å²) in [6.07, 6.45) is 6.10. The zero-order valence-corrected chi connectivity index (χ0v) is 12.9. The van der Waals surface area contributed by atoms with Crippen LogP contribution in [0.3, 0.4) is 0 Å². The molecule has 1 heterocycles. The summed E-state index contributed by atoms with van der Waals surface area (Å²) >= 11 is 7.39. The molecule has 18 heavy (non-hydrogen) atoms. The maximum absolute atomic E-state index is 5.45. The lowest BCUT2D eigenvalue weighted by Crippen LogP contribution is -2.04. The second kappa shape index (κ2) is 6.71. The molecule has 0 aliphatic heterocycles. The van der Waals surface area contributed by atoms with Gasteiger partial charge < -0.3 is 4.98 Å². The van der Waals surface area contributed by atoms with Crippen LogP contribution in [0.1, 0.15) is 50.2 Å². The molecule has 0 saturated carbocycles. The van der Waals surface area contributed by atoms with Gasteiger partial charge in [-0.15, -0.1) is 0 Å². The first-order chi connectivity index (χ1) is 8.66. The second-order valence-corrected chi connectivity index (χ2v) is 6.83. The van der Waals surface area contributed by atoms with Crippen LogP contribution in [0.4, 0.5) is 0 Å². The second-order valence-electron chi connectivity index (χ2n) is 5.42. The van der Waals surface area contributed by atoms with Crippen molar-refractivity contribution < 1.29 is 0 Å². The molecule has 0 atom stereocenters. The van der Waals surface area contributed by atoms with E-state index in [0.717, 1.165) is 35.0 Å². The highest BCUT2D eigenvalue weighted by atomic mass is 32.2. The fourth-order valence-electron chi connectivity index (χ4n) is 2.31. The van der Waals surface area contributed by atoms with Gasteiger partial charge in [0.15, 0.2) is 0 Å². The summed E-state index contributed by atoms with van der Waals surface area (Å²) in [5.74, 6) is 3.93. The number of fused-ring (bicyclic) bond motifs is 1. The van der Waals surface area contributed by atoms with Crippen LogP contribution in [-0.2, 0) is 18.6 Å². The molecule has 0 spiro atoms. The normalized spacial score (nSPS) is 15.5. The van der Waals surface area contributed by atoms with Crippen molar-refractivity contribution in [2.75, 3.05) is 5.75 Å². The number of nitrogens with zero attached hydrogens (tertiary/aromatic N) is 1. The number of H-pyrrole nitrogens is 1. The van der Waals surface area contributed by atoms with Crippen LogP contribution in [0.5, 0.6) is 0 Å². The topological polar surface area (TPSA) is 28.7 Å². The summed E-state index contributed by atoms with van der Waals surface area (Å²) in [5.41, 5.74) is 2.66.